The Morgan fingerprint density at radius 1 is 1.00 bits per heavy atom. The van der Waals surface area contributed by atoms with Crippen molar-refractivity contribution >= 4 is 11.9 Å². The quantitative estimate of drug-likeness (QED) is 0.877. The lowest BCUT2D eigenvalue weighted by Crippen LogP contribution is -2.49. The molecule has 6 heteroatoms. The van der Waals surface area contributed by atoms with E-state index in [2.05, 4.69) is 0 Å². The molecule has 2 aromatic rings. The molecule has 1 aliphatic rings. The Balaban J connectivity index is 1.83. The van der Waals surface area contributed by atoms with Crippen LogP contribution in [0, 0.1) is 0 Å². The fourth-order valence-corrected chi connectivity index (χ4v) is 3.63. The fourth-order valence-electron chi connectivity index (χ4n) is 3.63. The molecule has 27 heavy (non-hydrogen) atoms. The first-order valence-electron chi connectivity index (χ1n) is 8.82. The monoisotopic (exact) mass is 369 g/mol. The van der Waals surface area contributed by atoms with Crippen LogP contribution in [0.15, 0.2) is 48.5 Å². The van der Waals surface area contributed by atoms with E-state index < -0.39 is 11.4 Å². The van der Waals surface area contributed by atoms with E-state index in [4.69, 9.17) is 9.47 Å². The van der Waals surface area contributed by atoms with E-state index in [-0.39, 0.29) is 5.91 Å². The van der Waals surface area contributed by atoms with E-state index in [9.17, 15) is 14.7 Å². The van der Waals surface area contributed by atoms with E-state index in [0.29, 0.717) is 43.0 Å². The molecule has 0 bridgehead atoms. The van der Waals surface area contributed by atoms with Crippen LogP contribution in [-0.4, -0.2) is 49.2 Å². The molecule has 6 nitrogen and oxygen atoms in total. The van der Waals surface area contributed by atoms with Gasteiger partial charge in [0.2, 0.25) is 0 Å². The normalized spacial score (nSPS) is 15.9. The standard InChI is InChI=1S/C21H23NO5/c1-26-16-8-9-18(27-2)17(14-16)19(23)22-12-10-21(11-13-22,20(24)25)15-6-4-3-5-7-15/h3-9,14H,10-13H2,1-2H3,(H,24,25). The highest BCUT2D eigenvalue weighted by Crippen LogP contribution is 2.37. The van der Waals surface area contributed by atoms with E-state index in [1.54, 1.807) is 23.1 Å². The molecule has 1 amide bonds. The van der Waals surface area contributed by atoms with Crippen LogP contribution in [0.1, 0.15) is 28.8 Å². The van der Waals surface area contributed by atoms with Gasteiger partial charge in [-0.2, -0.15) is 0 Å². The number of rotatable bonds is 5. The van der Waals surface area contributed by atoms with E-state index >= 15 is 0 Å². The minimum Gasteiger partial charge on any atom is -0.497 e. The second kappa shape index (κ2) is 7.70. The highest BCUT2D eigenvalue weighted by Gasteiger charge is 2.44. The molecule has 3 rings (SSSR count). The minimum atomic E-state index is -0.962. The highest BCUT2D eigenvalue weighted by atomic mass is 16.5. The van der Waals surface area contributed by atoms with Gasteiger partial charge in [0.25, 0.3) is 5.91 Å². The molecule has 1 saturated heterocycles. The first-order valence-corrected chi connectivity index (χ1v) is 8.82. The largest absolute Gasteiger partial charge is 0.497 e. The number of amides is 1. The molecule has 1 aliphatic heterocycles. The number of carboxylic acid groups (broad SMARTS) is 1. The van der Waals surface area contributed by atoms with Crippen molar-refractivity contribution in [1.29, 1.82) is 0 Å². The summed E-state index contributed by atoms with van der Waals surface area (Å²) >= 11 is 0. The molecule has 0 saturated carbocycles. The zero-order valence-electron chi connectivity index (χ0n) is 15.5. The summed E-state index contributed by atoms with van der Waals surface area (Å²) in [5.74, 6) is 0.0109. The molecule has 1 heterocycles. The van der Waals surface area contributed by atoms with Gasteiger partial charge in [0.05, 0.1) is 25.2 Å². The summed E-state index contributed by atoms with van der Waals surface area (Å²) in [7, 11) is 3.05. The number of hydrogen-bond acceptors (Lipinski definition) is 4. The number of methoxy groups -OCH3 is 2. The predicted molar refractivity (Wildman–Crippen MR) is 100 cm³/mol. The van der Waals surface area contributed by atoms with Crippen molar-refractivity contribution in [3.8, 4) is 11.5 Å². The van der Waals surface area contributed by atoms with Crippen LogP contribution in [0.2, 0.25) is 0 Å². The highest BCUT2D eigenvalue weighted by molar-refractivity contribution is 5.97. The van der Waals surface area contributed by atoms with Crippen molar-refractivity contribution in [2.24, 2.45) is 0 Å². The van der Waals surface area contributed by atoms with Gasteiger partial charge in [-0.1, -0.05) is 30.3 Å². The van der Waals surface area contributed by atoms with Crippen molar-refractivity contribution in [2.75, 3.05) is 27.3 Å². The second-order valence-corrected chi connectivity index (χ2v) is 6.61. The molecular weight excluding hydrogens is 346 g/mol. The number of piperidine rings is 1. The SMILES string of the molecule is COc1ccc(OC)c(C(=O)N2CCC(C(=O)O)(c3ccccc3)CC2)c1. The van der Waals surface area contributed by atoms with Crippen LogP contribution in [0.4, 0.5) is 0 Å². The number of likely N-dealkylation sites (tertiary alicyclic amines) is 1. The Morgan fingerprint density at radius 3 is 2.22 bits per heavy atom. The molecule has 0 radical (unpaired) electrons. The molecule has 0 aliphatic carbocycles. The third-order valence-corrected chi connectivity index (χ3v) is 5.28. The maximum Gasteiger partial charge on any atom is 0.314 e. The Kier molecular flexibility index (Phi) is 5.35. The molecule has 1 fully saturated rings. The molecule has 0 atom stereocenters. The van der Waals surface area contributed by atoms with Gasteiger partial charge in [0, 0.05) is 13.1 Å². The first-order chi connectivity index (χ1) is 13.0. The van der Waals surface area contributed by atoms with Crippen molar-refractivity contribution < 1.29 is 24.2 Å². The molecule has 142 valence electrons. The molecule has 0 unspecified atom stereocenters. The number of benzene rings is 2. The average Bonchev–Trinajstić information content (AvgIpc) is 2.73. The lowest BCUT2D eigenvalue weighted by atomic mass is 9.72. The lowest BCUT2D eigenvalue weighted by Gasteiger charge is -2.39. The van der Waals surface area contributed by atoms with E-state index in [1.165, 1.54) is 14.2 Å². The second-order valence-electron chi connectivity index (χ2n) is 6.61. The molecule has 0 aromatic heterocycles. The summed E-state index contributed by atoms with van der Waals surface area (Å²) in [6.45, 7) is 0.723. The van der Waals surface area contributed by atoms with Crippen molar-refractivity contribution in [1.82, 2.24) is 4.90 Å². The summed E-state index contributed by atoms with van der Waals surface area (Å²) in [6, 6.07) is 14.3. The smallest absolute Gasteiger partial charge is 0.314 e. The van der Waals surface area contributed by atoms with Crippen LogP contribution in [0.5, 0.6) is 11.5 Å². The summed E-state index contributed by atoms with van der Waals surface area (Å²) in [5, 5.41) is 9.89. The number of carbonyl (C=O) groups is 2. The number of ether oxygens (including phenoxy) is 2. The van der Waals surface area contributed by atoms with Crippen LogP contribution < -0.4 is 9.47 Å². The number of carboxylic acids is 1. The Labute approximate surface area is 158 Å². The number of carbonyl (C=O) groups excluding carboxylic acids is 1. The summed E-state index contributed by atoms with van der Waals surface area (Å²) in [6.07, 6.45) is 0.731. The van der Waals surface area contributed by atoms with Crippen molar-refractivity contribution in [2.45, 2.75) is 18.3 Å². The summed E-state index contributed by atoms with van der Waals surface area (Å²) in [4.78, 5) is 26.8. The minimum absolute atomic E-state index is 0.183. The van der Waals surface area contributed by atoms with Gasteiger partial charge in [0.15, 0.2) is 0 Å². The van der Waals surface area contributed by atoms with Gasteiger partial charge in [-0.25, -0.2) is 0 Å². The topological polar surface area (TPSA) is 76.1 Å². The Bertz CT molecular complexity index is 826. The predicted octanol–water partition coefficient (Wildman–Crippen LogP) is 2.96. The van der Waals surface area contributed by atoms with Crippen LogP contribution in [-0.2, 0) is 10.2 Å². The Hall–Kier alpha value is -3.02. The zero-order chi connectivity index (χ0) is 19.4. The molecule has 0 spiro atoms. The van der Waals surface area contributed by atoms with Gasteiger partial charge < -0.3 is 19.5 Å². The maximum absolute atomic E-state index is 13.0. The fraction of sp³-hybridized carbons (Fsp3) is 0.333. The van der Waals surface area contributed by atoms with Crippen LogP contribution >= 0.6 is 0 Å². The van der Waals surface area contributed by atoms with Gasteiger partial charge in [-0.3, -0.25) is 9.59 Å². The molecule has 1 N–H and O–H groups in total. The van der Waals surface area contributed by atoms with Crippen LogP contribution in [0.3, 0.4) is 0 Å². The Morgan fingerprint density at radius 2 is 1.67 bits per heavy atom. The van der Waals surface area contributed by atoms with E-state index in [1.807, 2.05) is 30.3 Å². The maximum atomic E-state index is 13.0. The third kappa shape index (κ3) is 3.47. The number of hydrogen-bond donors (Lipinski definition) is 1. The molecular formula is C21H23NO5. The van der Waals surface area contributed by atoms with Gasteiger partial charge >= 0.3 is 5.97 Å². The van der Waals surface area contributed by atoms with Crippen LogP contribution in [0.25, 0.3) is 0 Å². The average molecular weight is 369 g/mol. The lowest BCUT2D eigenvalue weighted by molar-refractivity contribution is -0.145. The number of nitrogens with zero attached hydrogens (tertiary/aromatic N) is 1. The van der Waals surface area contributed by atoms with Crippen molar-refractivity contribution in [3.05, 3.63) is 59.7 Å². The zero-order valence-corrected chi connectivity index (χ0v) is 15.5. The molecule has 2 aromatic carbocycles. The van der Waals surface area contributed by atoms with Gasteiger partial charge in [-0.05, 0) is 36.6 Å². The van der Waals surface area contributed by atoms with E-state index in [0.717, 1.165) is 5.56 Å². The third-order valence-electron chi connectivity index (χ3n) is 5.28. The van der Waals surface area contributed by atoms with Gasteiger partial charge in [-0.15, -0.1) is 0 Å². The summed E-state index contributed by atoms with van der Waals surface area (Å²) < 4.78 is 10.5. The summed E-state index contributed by atoms with van der Waals surface area (Å²) in [5.41, 5.74) is 0.235. The number of aliphatic carboxylic acids is 1. The van der Waals surface area contributed by atoms with Gasteiger partial charge in [0.1, 0.15) is 11.5 Å². The van der Waals surface area contributed by atoms with Crippen molar-refractivity contribution in [3.63, 3.8) is 0 Å². The first kappa shape index (κ1) is 18.8.